The van der Waals surface area contributed by atoms with Gasteiger partial charge in [-0.1, -0.05) is 40.9 Å². The van der Waals surface area contributed by atoms with Gasteiger partial charge >= 0.3 is 0 Å². The topological polar surface area (TPSA) is 9.23 Å². The molecule has 0 saturated heterocycles. The summed E-state index contributed by atoms with van der Waals surface area (Å²) in [5.41, 5.74) is 0.927. The summed E-state index contributed by atoms with van der Waals surface area (Å²) in [7, 11) is 0. The van der Waals surface area contributed by atoms with Crippen molar-refractivity contribution in [2.45, 2.75) is 5.88 Å². The Bertz CT molecular complexity index is 569. The molecule has 0 heterocycles. The second kappa shape index (κ2) is 6.03. The highest BCUT2D eigenvalue weighted by Gasteiger charge is 2.07. The van der Waals surface area contributed by atoms with Crippen LogP contribution < -0.4 is 4.74 Å². The lowest BCUT2D eigenvalue weighted by Gasteiger charge is -2.10. The van der Waals surface area contributed by atoms with E-state index < -0.39 is 0 Å². The standard InChI is InChI=1S/C13H8Cl4O/c14-7-8-1-3-12(10(16)5-8)18-13-4-2-9(15)6-11(13)17/h1-6H,7H2. The van der Waals surface area contributed by atoms with Crippen molar-refractivity contribution in [1.82, 2.24) is 0 Å². The van der Waals surface area contributed by atoms with Gasteiger partial charge in [-0.25, -0.2) is 0 Å². The van der Waals surface area contributed by atoms with Gasteiger partial charge in [0.1, 0.15) is 11.5 Å². The maximum Gasteiger partial charge on any atom is 0.146 e. The third-order valence-corrected chi connectivity index (χ3v) is 3.40. The SMILES string of the molecule is ClCc1ccc(Oc2ccc(Cl)cc2Cl)c(Cl)c1. The number of hydrogen-bond donors (Lipinski definition) is 0. The van der Waals surface area contributed by atoms with E-state index in [-0.39, 0.29) is 0 Å². The Morgan fingerprint density at radius 1 is 0.833 bits per heavy atom. The van der Waals surface area contributed by atoms with E-state index in [2.05, 4.69) is 0 Å². The van der Waals surface area contributed by atoms with E-state index in [9.17, 15) is 0 Å². The third kappa shape index (κ3) is 3.24. The van der Waals surface area contributed by atoms with Crippen molar-refractivity contribution in [3.63, 3.8) is 0 Å². The van der Waals surface area contributed by atoms with Crippen LogP contribution in [0.3, 0.4) is 0 Å². The van der Waals surface area contributed by atoms with Gasteiger partial charge in [-0.2, -0.15) is 0 Å². The Balaban J connectivity index is 2.28. The Morgan fingerprint density at radius 2 is 1.44 bits per heavy atom. The van der Waals surface area contributed by atoms with E-state index >= 15 is 0 Å². The molecule has 5 heteroatoms. The van der Waals surface area contributed by atoms with Gasteiger partial charge in [0.2, 0.25) is 0 Å². The Labute approximate surface area is 125 Å². The molecule has 0 aliphatic rings. The number of ether oxygens (including phenoxy) is 1. The molecule has 1 nitrogen and oxygen atoms in total. The van der Waals surface area contributed by atoms with Crippen LogP contribution in [0, 0.1) is 0 Å². The summed E-state index contributed by atoms with van der Waals surface area (Å²) in [6, 6.07) is 10.4. The fourth-order valence-electron chi connectivity index (χ4n) is 1.39. The normalized spacial score (nSPS) is 10.4. The molecule has 0 radical (unpaired) electrons. The van der Waals surface area contributed by atoms with Crippen molar-refractivity contribution in [2.75, 3.05) is 0 Å². The lowest BCUT2D eigenvalue weighted by Crippen LogP contribution is -1.88. The van der Waals surface area contributed by atoms with Crippen LogP contribution in [-0.4, -0.2) is 0 Å². The third-order valence-electron chi connectivity index (χ3n) is 2.26. The first-order valence-electron chi connectivity index (χ1n) is 5.07. The molecular weight excluding hydrogens is 314 g/mol. The van der Waals surface area contributed by atoms with Gasteiger partial charge in [0, 0.05) is 10.9 Å². The number of alkyl halides is 1. The zero-order chi connectivity index (χ0) is 13.1. The molecular formula is C13H8Cl4O. The number of benzene rings is 2. The summed E-state index contributed by atoms with van der Waals surface area (Å²) in [5, 5.41) is 1.47. The highest BCUT2D eigenvalue weighted by Crippen LogP contribution is 2.35. The van der Waals surface area contributed by atoms with Gasteiger partial charge in [0.15, 0.2) is 0 Å². The zero-order valence-corrected chi connectivity index (χ0v) is 12.1. The quantitative estimate of drug-likeness (QED) is 0.613. The molecule has 0 aliphatic heterocycles. The van der Waals surface area contributed by atoms with Crippen molar-refractivity contribution in [3.8, 4) is 11.5 Å². The minimum Gasteiger partial charge on any atom is -0.454 e. The monoisotopic (exact) mass is 320 g/mol. The predicted octanol–water partition coefficient (Wildman–Crippen LogP) is 6.18. The summed E-state index contributed by atoms with van der Waals surface area (Å²) < 4.78 is 5.63. The van der Waals surface area contributed by atoms with Crippen LogP contribution in [0.15, 0.2) is 36.4 Å². The molecule has 94 valence electrons. The largest absolute Gasteiger partial charge is 0.454 e. The van der Waals surface area contributed by atoms with Crippen LogP contribution in [0.4, 0.5) is 0 Å². The Morgan fingerprint density at radius 3 is 2.00 bits per heavy atom. The highest BCUT2D eigenvalue weighted by molar-refractivity contribution is 6.35. The predicted molar refractivity (Wildman–Crippen MR) is 77.5 cm³/mol. The zero-order valence-electron chi connectivity index (χ0n) is 9.09. The summed E-state index contributed by atoms with van der Waals surface area (Å²) in [6.07, 6.45) is 0. The molecule has 0 aromatic heterocycles. The van der Waals surface area contributed by atoms with Crippen molar-refractivity contribution in [3.05, 3.63) is 57.0 Å². The van der Waals surface area contributed by atoms with Crippen LogP contribution in [0.25, 0.3) is 0 Å². The van der Waals surface area contributed by atoms with E-state index in [1.807, 2.05) is 6.07 Å². The molecule has 0 aliphatic carbocycles. The lowest BCUT2D eigenvalue weighted by molar-refractivity contribution is 0.483. The maximum atomic E-state index is 6.09. The molecule has 18 heavy (non-hydrogen) atoms. The van der Waals surface area contributed by atoms with Crippen LogP contribution >= 0.6 is 46.4 Å². The molecule has 0 bridgehead atoms. The summed E-state index contributed by atoms with van der Waals surface area (Å²) in [4.78, 5) is 0. The van der Waals surface area contributed by atoms with E-state index in [1.165, 1.54) is 0 Å². The van der Waals surface area contributed by atoms with Gasteiger partial charge in [-0.3, -0.25) is 0 Å². The number of rotatable bonds is 3. The fraction of sp³-hybridized carbons (Fsp3) is 0.0769. The van der Waals surface area contributed by atoms with Crippen molar-refractivity contribution < 1.29 is 4.74 Å². The summed E-state index contributed by atoms with van der Waals surface area (Å²) in [5.74, 6) is 1.43. The average molecular weight is 322 g/mol. The van der Waals surface area contributed by atoms with Gasteiger partial charge in [0.25, 0.3) is 0 Å². The second-order valence-corrected chi connectivity index (χ2v) is 5.09. The molecule has 2 aromatic rings. The molecule has 0 unspecified atom stereocenters. The van der Waals surface area contributed by atoms with Gasteiger partial charge in [-0.05, 0) is 35.9 Å². The minimum atomic E-state index is 0.404. The van der Waals surface area contributed by atoms with Crippen molar-refractivity contribution in [1.29, 1.82) is 0 Å². The van der Waals surface area contributed by atoms with Gasteiger partial charge in [-0.15, -0.1) is 11.6 Å². The van der Waals surface area contributed by atoms with Crippen LogP contribution in [-0.2, 0) is 5.88 Å². The average Bonchev–Trinajstić information content (AvgIpc) is 2.34. The molecule has 0 fully saturated rings. The lowest BCUT2D eigenvalue weighted by atomic mass is 10.2. The van der Waals surface area contributed by atoms with E-state index in [0.29, 0.717) is 32.4 Å². The number of hydrogen-bond acceptors (Lipinski definition) is 1. The first-order chi connectivity index (χ1) is 8.60. The smallest absolute Gasteiger partial charge is 0.146 e. The van der Waals surface area contributed by atoms with Crippen LogP contribution in [0.2, 0.25) is 15.1 Å². The van der Waals surface area contributed by atoms with Gasteiger partial charge in [0.05, 0.1) is 10.0 Å². The van der Waals surface area contributed by atoms with Crippen molar-refractivity contribution in [2.24, 2.45) is 0 Å². The fourth-order valence-corrected chi connectivity index (χ4v) is 2.24. The van der Waals surface area contributed by atoms with Crippen LogP contribution in [0.1, 0.15) is 5.56 Å². The molecule has 0 N–H and O–H groups in total. The van der Waals surface area contributed by atoms with E-state index in [1.54, 1.807) is 30.3 Å². The molecule has 0 amide bonds. The molecule has 0 saturated carbocycles. The maximum absolute atomic E-state index is 6.09. The van der Waals surface area contributed by atoms with E-state index in [0.717, 1.165) is 5.56 Å². The van der Waals surface area contributed by atoms with Crippen LogP contribution in [0.5, 0.6) is 11.5 Å². The Kier molecular flexibility index (Phi) is 4.63. The molecule has 0 spiro atoms. The first kappa shape index (κ1) is 13.8. The molecule has 2 aromatic carbocycles. The minimum absolute atomic E-state index is 0.404. The summed E-state index contributed by atoms with van der Waals surface area (Å²) >= 11 is 23.6. The second-order valence-electron chi connectivity index (χ2n) is 3.58. The van der Waals surface area contributed by atoms with Gasteiger partial charge < -0.3 is 4.74 Å². The summed E-state index contributed by atoms with van der Waals surface area (Å²) in [6.45, 7) is 0. The highest BCUT2D eigenvalue weighted by atomic mass is 35.5. The molecule has 2 rings (SSSR count). The Hall–Kier alpha value is -0.600. The molecule has 0 atom stereocenters. The number of halogens is 4. The van der Waals surface area contributed by atoms with Crippen molar-refractivity contribution >= 4 is 46.4 Å². The van der Waals surface area contributed by atoms with E-state index in [4.69, 9.17) is 51.1 Å². The first-order valence-corrected chi connectivity index (χ1v) is 6.74.